The van der Waals surface area contributed by atoms with E-state index in [0.29, 0.717) is 0 Å². The maximum Gasteiger partial charge on any atom is 0.0330 e. The van der Waals surface area contributed by atoms with E-state index >= 15 is 0 Å². The molecular formula is C13H22N2S. The highest BCUT2D eigenvalue weighted by Gasteiger charge is 2.18. The summed E-state index contributed by atoms with van der Waals surface area (Å²) in [5.74, 6) is 0. The summed E-state index contributed by atoms with van der Waals surface area (Å²) >= 11 is 1.95. The third-order valence-electron chi connectivity index (χ3n) is 3.37. The highest BCUT2D eigenvalue weighted by Crippen LogP contribution is 2.23. The van der Waals surface area contributed by atoms with Crippen LogP contribution < -0.4 is 5.32 Å². The van der Waals surface area contributed by atoms with Gasteiger partial charge in [0.25, 0.3) is 0 Å². The highest BCUT2D eigenvalue weighted by atomic mass is 32.1. The SMILES string of the molecule is CNCc1ccc(CN2CCCCC2C)s1. The second-order valence-corrected chi connectivity index (χ2v) is 5.97. The van der Waals surface area contributed by atoms with Gasteiger partial charge in [0.05, 0.1) is 0 Å². The quantitative estimate of drug-likeness (QED) is 0.868. The summed E-state index contributed by atoms with van der Waals surface area (Å²) in [5, 5.41) is 3.21. The van der Waals surface area contributed by atoms with Crippen molar-refractivity contribution in [3.63, 3.8) is 0 Å². The Balaban J connectivity index is 1.91. The zero-order chi connectivity index (χ0) is 11.4. The summed E-state index contributed by atoms with van der Waals surface area (Å²) in [6.07, 6.45) is 4.15. The molecule has 3 heteroatoms. The second kappa shape index (κ2) is 5.80. The van der Waals surface area contributed by atoms with Crippen LogP contribution in [0.2, 0.25) is 0 Å². The highest BCUT2D eigenvalue weighted by molar-refractivity contribution is 7.11. The van der Waals surface area contributed by atoms with E-state index in [9.17, 15) is 0 Å². The second-order valence-electron chi connectivity index (χ2n) is 4.71. The Morgan fingerprint density at radius 2 is 2.19 bits per heavy atom. The van der Waals surface area contributed by atoms with Crippen LogP contribution in [0.3, 0.4) is 0 Å². The Morgan fingerprint density at radius 3 is 2.94 bits per heavy atom. The number of thiophene rings is 1. The van der Waals surface area contributed by atoms with Crippen LogP contribution in [-0.4, -0.2) is 24.5 Å². The fourth-order valence-electron chi connectivity index (χ4n) is 2.37. The van der Waals surface area contributed by atoms with Gasteiger partial charge in [-0.15, -0.1) is 11.3 Å². The van der Waals surface area contributed by atoms with Gasteiger partial charge in [0.2, 0.25) is 0 Å². The lowest BCUT2D eigenvalue weighted by Gasteiger charge is -2.32. The van der Waals surface area contributed by atoms with E-state index < -0.39 is 0 Å². The summed E-state index contributed by atoms with van der Waals surface area (Å²) in [4.78, 5) is 5.58. The summed E-state index contributed by atoms with van der Waals surface area (Å²) in [5.41, 5.74) is 0. The number of rotatable bonds is 4. The lowest BCUT2D eigenvalue weighted by molar-refractivity contribution is 0.154. The van der Waals surface area contributed by atoms with Crippen LogP contribution in [0.1, 0.15) is 35.9 Å². The van der Waals surface area contributed by atoms with Crippen molar-refractivity contribution in [1.29, 1.82) is 0 Å². The minimum Gasteiger partial charge on any atom is -0.315 e. The fraction of sp³-hybridized carbons (Fsp3) is 0.692. The van der Waals surface area contributed by atoms with Gasteiger partial charge in [-0.25, -0.2) is 0 Å². The van der Waals surface area contributed by atoms with E-state index in [1.165, 1.54) is 35.6 Å². The van der Waals surface area contributed by atoms with Crippen molar-refractivity contribution in [1.82, 2.24) is 10.2 Å². The monoisotopic (exact) mass is 238 g/mol. The average molecular weight is 238 g/mol. The molecule has 1 N–H and O–H groups in total. The molecule has 2 rings (SSSR count). The number of nitrogens with one attached hydrogen (secondary N) is 1. The molecule has 0 saturated carbocycles. The summed E-state index contributed by atoms with van der Waals surface area (Å²) in [6, 6.07) is 5.31. The number of nitrogens with zero attached hydrogens (tertiary/aromatic N) is 1. The third kappa shape index (κ3) is 3.06. The van der Waals surface area contributed by atoms with Crippen molar-refractivity contribution in [3.8, 4) is 0 Å². The van der Waals surface area contributed by atoms with Crippen molar-refractivity contribution in [3.05, 3.63) is 21.9 Å². The van der Waals surface area contributed by atoms with Crippen LogP contribution in [0.25, 0.3) is 0 Å². The molecule has 2 nitrogen and oxygen atoms in total. The van der Waals surface area contributed by atoms with Gasteiger partial charge in [0.1, 0.15) is 0 Å². The fourth-order valence-corrected chi connectivity index (χ4v) is 3.43. The summed E-state index contributed by atoms with van der Waals surface area (Å²) < 4.78 is 0. The van der Waals surface area contributed by atoms with Crippen LogP contribution in [0, 0.1) is 0 Å². The Morgan fingerprint density at radius 1 is 1.38 bits per heavy atom. The molecule has 1 aliphatic heterocycles. The van der Waals surface area contributed by atoms with Crippen molar-refractivity contribution < 1.29 is 0 Å². The van der Waals surface area contributed by atoms with Crippen LogP contribution >= 0.6 is 11.3 Å². The van der Waals surface area contributed by atoms with Gasteiger partial charge in [-0.1, -0.05) is 6.42 Å². The molecule has 1 aromatic rings. The first-order valence-corrected chi connectivity index (χ1v) is 7.07. The minimum absolute atomic E-state index is 0.767. The van der Waals surface area contributed by atoms with Crippen LogP contribution in [0.4, 0.5) is 0 Å². The standard InChI is InChI=1S/C13H22N2S/c1-11-5-3-4-8-15(11)10-13-7-6-12(16-13)9-14-2/h6-7,11,14H,3-5,8-10H2,1-2H3. The summed E-state index contributed by atoms with van der Waals surface area (Å²) in [7, 11) is 2.01. The van der Waals surface area contributed by atoms with E-state index in [4.69, 9.17) is 0 Å². The smallest absolute Gasteiger partial charge is 0.0330 e. The van der Waals surface area contributed by atoms with Gasteiger partial charge < -0.3 is 5.32 Å². The molecule has 1 fully saturated rings. The van der Waals surface area contributed by atoms with E-state index in [1.54, 1.807) is 0 Å². The zero-order valence-electron chi connectivity index (χ0n) is 10.3. The molecule has 1 aromatic heterocycles. The van der Waals surface area contributed by atoms with E-state index in [1.807, 2.05) is 18.4 Å². The number of hydrogen-bond acceptors (Lipinski definition) is 3. The lowest BCUT2D eigenvalue weighted by atomic mass is 10.0. The maximum absolute atomic E-state index is 3.21. The molecule has 1 unspecified atom stereocenters. The topological polar surface area (TPSA) is 15.3 Å². The van der Waals surface area contributed by atoms with Gasteiger partial charge in [-0.05, 0) is 45.5 Å². The normalized spacial score (nSPS) is 22.5. The first kappa shape index (κ1) is 12.1. The van der Waals surface area contributed by atoms with Gasteiger partial charge in [-0.2, -0.15) is 0 Å². The first-order valence-electron chi connectivity index (χ1n) is 6.26. The molecule has 1 atom stereocenters. The van der Waals surface area contributed by atoms with Crippen LogP contribution in [-0.2, 0) is 13.1 Å². The lowest BCUT2D eigenvalue weighted by Crippen LogP contribution is -2.36. The van der Waals surface area contributed by atoms with Crippen molar-refractivity contribution in [2.24, 2.45) is 0 Å². The molecule has 0 amide bonds. The number of hydrogen-bond donors (Lipinski definition) is 1. The number of piperidine rings is 1. The molecule has 0 aromatic carbocycles. The Hall–Kier alpha value is -0.380. The van der Waals surface area contributed by atoms with Gasteiger partial charge in [0.15, 0.2) is 0 Å². The molecule has 16 heavy (non-hydrogen) atoms. The average Bonchev–Trinajstić information content (AvgIpc) is 2.70. The molecule has 2 heterocycles. The number of likely N-dealkylation sites (tertiary alicyclic amines) is 1. The Kier molecular flexibility index (Phi) is 4.38. The van der Waals surface area contributed by atoms with Gasteiger partial charge >= 0.3 is 0 Å². The third-order valence-corrected chi connectivity index (χ3v) is 4.44. The first-order chi connectivity index (χ1) is 7.79. The van der Waals surface area contributed by atoms with Crippen molar-refractivity contribution in [2.45, 2.75) is 45.3 Å². The van der Waals surface area contributed by atoms with E-state index in [0.717, 1.165) is 19.1 Å². The molecule has 1 saturated heterocycles. The maximum atomic E-state index is 3.21. The molecule has 0 spiro atoms. The van der Waals surface area contributed by atoms with Crippen molar-refractivity contribution >= 4 is 11.3 Å². The predicted octanol–water partition coefficient (Wildman–Crippen LogP) is 2.84. The molecule has 1 aliphatic rings. The van der Waals surface area contributed by atoms with E-state index in [-0.39, 0.29) is 0 Å². The van der Waals surface area contributed by atoms with Crippen molar-refractivity contribution in [2.75, 3.05) is 13.6 Å². The largest absolute Gasteiger partial charge is 0.315 e. The zero-order valence-corrected chi connectivity index (χ0v) is 11.1. The molecule has 0 radical (unpaired) electrons. The van der Waals surface area contributed by atoms with Gasteiger partial charge in [0, 0.05) is 28.9 Å². The molecule has 0 bridgehead atoms. The Labute approximate surface area is 103 Å². The summed E-state index contributed by atoms with van der Waals surface area (Å²) in [6.45, 7) is 5.79. The van der Waals surface area contributed by atoms with Gasteiger partial charge in [-0.3, -0.25) is 4.90 Å². The van der Waals surface area contributed by atoms with Crippen LogP contribution in [0.5, 0.6) is 0 Å². The predicted molar refractivity (Wildman–Crippen MR) is 70.8 cm³/mol. The molecular weight excluding hydrogens is 216 g/mol. The molecule has 90 valence electrons. The minimum atomic E-state index is 0.767. The Bertz CT molecular complexity index is 321. The van der Waals surface area contributed by atoms with E-state index in [2.05, 4.69) is 29.3 Å². The molecule has 0 aliphatic carbocycles. The van der Waals surface area contributed by atoms with Crippen LogP contribution in [0.15, 0.2) is 12.1 Å².